The number of methoxy groups -OCH3 is 1. The molecular weight excluding hydrogens is 274 g/mol. The molecular formula is C15H27NO3S. The van der Waals surface area contributed by atoms with Crippen molar-refractivity contribution in [2.75, 3.05) is 26.9 Å². The number of aliphatic hydroxyl groups is 1. The van der Waals surface area contributed by atoms with E-state index < -0.39 is 6.10 Å². The molecule has 4 nitrogen and oxygen atoms in total. The summed E-state index contributed by atoms with van der Waals surface area (Å²) in [5.74, 6) is 0. The Morgan fingerprint density at radius 3 is 2.80 bits per heavy atom. The van der Waals surface area contributed by atoms with Crippen LogP contribution < -0.4 is 5.32 Å². The van der Waals surface area contributed by atoms with E-state index in [1.54, 1.807) is 18.4 Å². The van der Waals surface area contributed by atoms with Gasteiger partial charge in [0.15, 0.2) is 0 Å². The highest BCUT2D eigenvalue weighted by molar-refractivity contribution is 7.10. The second-order valence-corrected chi connectivity index (χ2v) is 6.00. The number of hydrogen-bond donors (Lipinski definition) is 2. The van der Waals surface area contributed by atoms with Gasteiger partial charge in [0, 0.05) is 24.6 Å². The highest BCUT2D eigenvalue weighted by Gasteiger charge is 2.14. The molecule has 1 aromatic heterocycles. The molecule has 3 atom stereocenters. The molecule has 0 amide bonds. The fraction of sp³-hybridized carbons (Fsp3) is 0.733. The lowest BCUT2D eigenvalue weighted by Gasteiger charge is -2.20. The van der Waals surface area contributed by atoms with E-state index in [9.17, 15) is 5.11 Å². The van der Waals surface area contributed by atoms with Gasteiger partial charge in [0.1, 0.15) is 0 Å². The van der Waals surface area contributed by atoms with E-state index >= 15 is 0 Å². The van der Waals surface area contributed by atoms with Gasteiger partial charge in [-0.05, 0) is 24.8 Å². The van der Waals surface area contributed by atoms with E-state index in [-0.39, 0.29) is 6.10 Å². The Morgan fingerprint density at radius 1 is 1.40 bits per heavy atom. The molecule has 1 heterocycles. The predicted octanol–water partition coefficient (Wildman–Crippen LogP) is 2.59. The van der Waals surface area contributed by atoms with Crippen molar-refractivity contribution in [1.82, 2.24) is 5.32 Å². The third-order valence-electron chi connectivity index (χ3n) is 3.04. The molecule has 3 unspecified atom stereocenters. The van der Waals surface area contributed by atoms with Crippen molar-refractivity contribution in [3.8, 4) is 0 Å². The van der Waals surface area contributed by atoms with Crippen LogP contribution in [-0.4, -0.2) is 44.2 Å². The number of thiophene rings is 1. The van der Waals surface area contributed by atoms with Crippen molar-refractivity contribution in [3.05, 3.63) is 22.4 Å². The lowest BCUT2D eigenvalue weighted by Crippen LogP contribution is -2.34. The quantitative estimate of drug-likeness (QED) is 0.659. The van der Waals surface area contributed by atoms with Crippen molar-refractivity contribution >= 4 is 11.3 Å². The molecule has 0 aliphatic rings. The highest BCUT2D eigenvalue weighted by Crippen LogP contribution is 2.22. The van der Waals surface area contributed by atoms with Crippen molar-refractivity contribution in [3.63, 3.8) is 0 Å². The van der Waals surface area contributed by atoms with E-state index in [1.165, 1.54) is 4.88 Å². The fourth-order valence-electron chi connectivity index (χ4n) is 2.02. The predicted molar refractivity (Wildman–Crippen MR) is 83.3 cm³/mol. The maximum Gasteiger partial charge on any atom is 0.0898 e. The van der Waals surface area contributed by atoms with Crippen LogP contribution in [0.2, 0.25) is 0 Å². The SMILES string of the molecule is CCCC(NCC(O)COC(C)COC)c1cccs1. The summed E-state index contributed by atoms with van der Waals surface area (Å²) < 4.78 is 10.5. The van der Waals surface area contributed by atoms with Gasteiger partial charge < -0.3 is 19.9 Å². The fourth-order valence-corrected chi connectivity index (χ4v) is 2.86. The minimum atomic E-state index is -0.492. The minimum Gasteiger partial charge on any atom is -0.389 e. The maximum atomic E-state index is 9.96. The molecule has 0 saturated heterocycles. The molecule has 2 N–H and O–H groups in total. The van der Waals surface area contributed by atoms with Crippen LogP contribution in [0.15, 0.2) is 17.5 Å². The molecule has 1 aromatic rings. The van der Waals surface area contributed by atoms with Crippen LogP contribution in [0.1, 0.15) is 37.6 Å². The second kappa shape index (κ2) is 10.3. The highest BCUT2D eigenvalue weighted by atomic mass is 32.1. The zero-order valence-electron chi connectivity index (χ0n) is 12.7. The zero-order valence-corrected chi connectivity index (χ0v) is 13.5. The molecule has 0 aliphatic carbocycles. The van der Waals surface area contributed by atoms with Gasteiger partial charge in [-0.3, -0.25) is 0 Å². The van der Waals surface area contributed by atoms with Gasteiger partial charge in [-0.15, -0.1) is 11.3 Å². The molecule has 116 valence electrons. The molecule has 5 heteroatoms. The van der Waals surface area contributed by atoms with E-state index in [0.717, 1.165) is 12.8 Å². The van der Waals surface area contributed by atoms with Crippen molar-refractivity contribution in [2.45, 2.75) is 44.9 Å². The Labute approximate surface area is 126 Å². The number of hydrogen-bond acceptors (Lipinski definition) is 5. The lowest BCUT2D eigenvalue weighted by atomic mass is 10.1. The molecule has 0 fully saturated rings. The van der Waals surface area contributed by atoms with E-state index in [2.05, 4.69) is 29.8 Å². The summed E-state index contributed by atoms with van der Waals surface area (Å²) in [5.41, 5.74) is 0. The Balaban J connectivity index is 2.28. The molecule has 20 heavy (non-hydrogen) atoms. The summed E-state index contributed by atoms with van der Waals surface area (Å²) in [5, 5.41) is 15.5. The lowest BCUT2D eigenvalue weighted by molar-refractivity contribution is -0.0316. The first-order valence-corrected chi connectivity index (χ1v) is 8.10. The van der Waals surface area contributed by atoms with E-state index in [4.69, 9.17) is 9.47 Å². The normalized spacial score (nSPS) is 16.0. The Bertz CT molecular complexity index is 332. The van der Waals surface area contributed by atoms with Crippen LogP contribution in [0.25, 0.3) is 0 Å². The average Bonchev–Trinajstić information content (AvgIpc) is 2.95. The molecule has 0 bridgehead atoms. The van der Waals surface area contributed by atoms with Gasteiger partial charge in [0.05, 0.1) is 25.4 Å². The Morgan fingerprint density at radius 2 is 2.20 bits per heavy atom. The first-order chi connectivity index (χ1) is 9.67. The number of nitrogens with one attached hydrogen (secondary N) is 1. The van der Waals surface area contributed by atoms with Crippen LogP contribution in [0.5, 0.6) is 0 Å². The molecule has 1 rings (SSSR count). The number of aliphatic hydroxyl groups excluding tert-OH is 1. The first kappa shape index (κ1) is 17.6. The Hall–Kier alpha value is -0.460. The smallest absolute Gasteiger partial charge is 0.0898 e. The van der Waals surface area contributed by atoms with Gasteiger partial charge in [0.25, 0.3) is 0 Å². The van der Waals surface area contributed by atoms with Crippen LogP contribution in [0, 0.1) is 0 Å². The summed E-state index contributed by atoms with van der Waals surface area (Å²) >= 11 is 1.76. The van der Waals surface area contributed by atoms with Gasteiger partial charge in [-0.25, -0.2) is 0 Å². The van der Waals surface area contributed by atoms with E-state index in [1.807, 2.05) is 6.92 Å². The molecule has 0 radical (unpaired) electrons. The standard InChI is InChI=1S/C15H27NO3S/c1-4-6-14(15-7-5-8-20-15)16-9-13(17)11-19-12(2)10-18-3/h5,7-8,12-14,16-17H,4,6,9-11H2,1-3H3. The maximum absolute atomic E-state index is 9.96. The first-order valence-electron chi connectivity index (χ1n) is 7.22. The van der Waals surface area contributed by atoms with Crippen LogP contribution in [-0.2, 0) is 9.47 Å². The van der Waals surface area contributed by atoms with Crippen molar-refractivity contribution in [2.24, 2.45) is 0 Å². The van der Waals surface area contributed by atoms with Crippen LogP contribution in [0.4, 0.5) is 0 Å². The summed E-state index contributed by atoms with van der Waals surface area (Å²) in [6.45, 7) is 5.54. The van der Waals surface area contributed by atoms with Crippen molar-refractivity contribution in [1.29, 1.82) is 0 Å². The van der Waals surface area contributed by atoms with Gasteiger partial charge in [-0.2, -0.15) is 0 Å². The van der Waals surface area contributed by atoms with Crippen molar-refractivity contribution < 1.29 is 14.6 Å². The van der Waals surface area contributed by atoms with Gasteiger partial charge in [-0.1, -0.05) is 19.4 Å². The number of rotatable bonds is 11. The summed E-state index contributed by atoms with van der Waals surface area (Å²) in [6, 6.07) is 4.53. The van der Waals surface area contributed by atoms with Crippen LogP contribution >= 0.6 is 11.3 Å². The largest absolute Gasteiger partial charge is 0.389 e. The summed E-state index contributed by atoms with van der Waals surface area (Å²) in [6.07, 6.45) is 1.72. The molecule has 0 aromatic carbocycles. The van der Waals surface area contributed by atoms with Crippen LogP contribution in [0.3, 0.4) is 0 Å². The monoisotopic (exact) mass is 301 g/mol. The van der Waals surface area contributed by atoms with E-state index in [0.29, 0.717) is 25.8 Å². The Kier molecular flexibility index (Phi) is 9.05. The zero-order chi connectivity index (χ0) is 14.8. The average molecular weight is 301 g/mol. The third-order valence-corrected chi connectivity index (χ3v) is 4.02. The third kappa shape index (κ3) is 6.81. The molecule has 0 aliphatic heterocycles. The second-order valence-electron chi connectivity index (χ2n) is 5.02. The summed E-state index contributed by atoms with van der Waals surface area (Å²) in [4.78, 5) is 1.33. The molecule has 0 spiro atoms. The number of ether oxygens (including phenoxy) is 2. The van der Waals surface area contributed by atoms with Gasteiger partial charge >= 0.3 is 0 Å². The topological polar surface area (TPSA) is 50.7 Å². The van der Waals surface area contributed by atoms with Gasteiger partial charge in [0.2, 0.25) is 0 Å². The minimum absolute atomic E-state index is 0.0124. The molecule has 0 saturated carbocycles. The summed E-state index contributed by atoms with van der Waals surface area (Å²) in [7, 11) is 1.65.